The first-order valence-electron chi connectivity index (χ1n) is 7.69. The predicted molar refractivity (Wildman–Crippen MR) is 100 cm³/mol. The van der Waals surface area contributed by atoms with E-state index < -0.39 is 18.5 Å². The van der Waals surface area contributed by atoms with Gasteiger partial charge in [-0.15, -0.1) is 0 Å². The summed E-state index contributed by atoms with van der Waals surface area (Å²) >= 11 is 11.7. The van der Waals surface area contributed by atoms with Gasteiger partial charge in [0.05, 0.1) is 17.1 Å². The lowest BCUT2D eigenvalue weighted by molar-refractivity contribution is -0.147. The molecule has 0 saturated heterocycles. The second-order valence-corrected chi connectivity index (χ2v) is 6.09. The van der Waals surface area contributed by atoms with Crippen molar-refractivity contribution in [2.75, 3.05) is 17.2 Å². The third kappa shape index (κ3) is 6.74. The van der Waals surface area contributed by atoms with Crippen LogP contribution in [0.2, 0.25) is 10.0 Å². The molecule has 136 valence electrons. The van der Waals surface area contributed by atoms with Crippen molar-refractivity contribution >= 4 is 52.4 Å². The quantitative estimate of drug-likeness (QED) is 0.697. The molecule has 8 heteroatoms. The van der Waals surface area contributed by atoms with E-state index in [2.05, 4.69) is 10.6 Å². The van der Waals surface area contributed by atoms with Crippen LogP contribution in [0.4, 0.5) is 11.4 Å². The highest BCUT2D eigenvalue weighted by atomic mass is 35.5. The second-order valence-electron chi connectivity index (χ2n) is 5.24. The fourth-order valence-corrected chi connectivity index (χ4v) is 2.25. The minimum Gasteiger partial charge on any atom is -0.456 e. The number of carbonyl (C=O) groups is 3. The smallest absolute Gasteiger partial charge is 0.306 e. The van der Waals surface area contributed by atoms with Gasteiger partial charge in [-0.25, -0.2) is 0 Å². The molecule has 0 heterocycles. The van der Waals surface area contributed by atoms with Crippen molar-refractivity contribution in [2.24, 2.45) is 0 Å². The van der Waals surface area contributed by atoms with Gasteiger partial charge in [0.15, 0.2) is 6.61 Å². The Morgan fingerprint density at radius 3 is 2.23 bits per heavy atom. The van der Waals surface area contributed by atoms with Crippen molar-refractivity contribution in [3.05, 3.63) is 58.6 Å². The Morgan fingerprint density at radius 2 is 1.54 bits per heavy atom. The summed E-state index contributed by atoms with van der Waals surface area (Å²) in [5.74, 6) is -1.51. The van der Waals surface area contributed by atoms with Gasteiger partial charge in [-0.3, -0.25) is 14.4 Å². The number of anilines is 2. The predicted octanol–water partition coefficient (Wildman–Crippen LogP) is 3.89. The average Bonchev–Trinajstić information content (AvgIpc) is 2.62. The molecular weight excluding hydrogens is 379 g/mol. The first-order valence-corrected chi connectivity index (χ1v) is 8.45. The molecule has 0 unspecified atom stereocenters. The molecule has 0 fully saturated rings. The third-order valence-electron chi connectivity index (χ3n) is 3.20. The third-order valence-corrected chi connectivity index (χ3v) is 3.78. The normalized spacial score (nSPS) is 10.1. The zero-order valence-electron chi connectivity index (χ0n) is 13.6. The molecule has 2 rings (SSSR count). The highest BCUT2D eigenvalue weighted by Gasteiger charge is 2.11. The monoisotopic (exact) mass is 394 g/mol. The maximum Gasteiger partial charge on any atom is 0.306 e. The van der Waals surface area contributed by atoms with Gasteiger partial charge in [0.25, 0.3) is 5.91 Å². The Bertz CT molecular complexity index is 794. The highest BCUT2D eigenvalue weighted by molar-refractivity contribution is 6.33. The van der Waals surface area contributed by atoms with Gasteiger partial charge in [-0.1, -0.05) is 35.3 Å². The fraction of sp³-hybridized carbons (Fsp3) is 0.167. The number of esters is 1. The molecule has 2 aromatic rings. The zero-order chi connectivity index (χ0) is 18.9. The Balaban J connectivity index is 1.68. The Labute approximate surface area is 160 Å². The number of amides is 2. The molecule has 0 aromatic heterocycles. The largest absolute Gasteiger partial charge is 0.456 e. The molecule has 0 saturated carbocycles. The van der Waals surface area contributed by atoms with Gasteiger partial charge < -0.3 is 15.4 Å². The Morgan fingerprint density at radius 1 is 0.846 bits per heavy atom. The summed E-state index contributed by atoms with van der Waals surface area (Å²) < 4.78 is 4.84. The lowest BCUT2D eigenvalue weighted by Gasteiger charge is -2.08. The topological polar surface area (TPSA) is 84.5 Å². The maximum atomic E-state index is 11.8. The van der Waals surface area contributed by atoms with Crippen molar-refractivity contribution < 1.29 is 19.1 Å². The van der Waals surface area contributed by atoms with Crippen LogP contribution in [0, 0.1) is 0 Å². The molecule has 0 radical (unpaired) electrons. The van der Waals surface area contributed by atoms with Crippen LogP contribution in [0.25, 0.3) is 0 Å². The lowest BCUT2D eigenvalue weighted by atomic mass is 10.2. The van der Waals surface area contributed by atoms with Crippen LogP contribution < -0.4 is 10.6 Å². The van der Waals surface area contributed by atoms with Crippen molar-refractivity contribution in [1.29, 1.82) is 0 Å². The molecule has 0 atom stereocenters. The number of para-hydroxylation sites is 1. The van der Waals surface area contributed by atoms with Crippen LogP contribution in [-0.4, -0.2) is 24.4 Å². The van der Waals surface area contributed by atoms with Crippen molar-refractivity contribution in [1.82, 2.24) is 0 Å². The van der Waals surface area contributed by atoms with E-state index in [1.165, 1.54) is 0 Å². The number of nitrogens with one attached hydrogen (secondary N) is 2. The van der Waals surface area contributed by atoms with E-state index in [4.69, 9.17) is 27.9 Å². The number of carbonyl (C=O) groups excluding carboxylic acids is 3. The summed E-state index contributed by atoms with van der Waals surface area (Å²) in [5, 5.41) is 6.10. The van der Waals surface area contributed by atoms with Crippen LogP contribution in [0.3, 0.4) is 0 Å². The van der Waals surface area contributed by atoms with Crippen LogP contribution in [0.1, 0.15) is 12.8 Å². The van der Waals surface area contributed by atoms with Crippen molar-refractivity contribution in [3.8, 4) is 0 Å². The minimum absolute atomic E-state index is 0.0619. The minimum atomic E-state index is -0.648. The van der Waals surface area contributed by atoms with Crippen LogP contribution in [-0.2, 0) is 19.1 Å². The number of hydrogen-bond acceptors (Lipinski definition) is 4. The van der Waals surface area contributed by atoms with E-state index >= 15 is 0 Å². The van der Waals surface area contributed by atoms with E-state index in [-0.39, 0.29) is 18.7 Å². The summed E-state index contributed by atoms with van der Waals surface area (Å²) in [6.45, 7) is -0.455. The maximum absolute atomic E-state index is 11.8. The second kappa shape index (κ2) is 9.79. The molecule has 0 bridgehead atoms. The Kier molecular flexibility index (Phi) is 7.44. The first-order chi connectivity index (χ1) is 12.4. The summed E-state index contributed by atoms with van der Waals surface area (Å²) in [7, 11) is 0. The standard InChI is InChI=1S/C18H16Cl2N2O4/c19-12-5-7-13(8-6-12)21-16(23)9-10-18(25)26-11-17(24)22-15-4-2-1-3-14(15)20/h1-8H,9-11H2,(H,21,23)(H,22,24). The van der Waals surface area contributed by atoms with E-state index in [0.29, 0.717) is 21.4 Å². The van der Waals surface area contributed by atoms with Gasteiger partial charge >= 0.3 is 5.97 Å². The molecule has 0 aliphatic heterocycles. The van der Waals surface area contributed by atoms with Gasteiger partial charge in [0, 0.05) is 17.1 Å². The van der Waals surface area contributed by atoms with Crippen LogP contribution in [0.15, 0.2) is 48.5 Å². The molecule has 6 nitrogen and oxygen atoms in total. The number of ether oxygens (including phenoxy) is 1. The van der Waals surface area contributed by atoms with E-state index in [1.807, 2.05) is 0 Å². The Hall–Kier alpha value is -2.57. The molecular formula is C18H16Cl2N2O4. The molecule has 0 aliphatic rings. The zero-order valence-corrected chi connectivity index (χ0v) is 15.1. The van der Waals surface area contributed by atoms with E-state index in [0.717, 1.165) is 0 Å². The van der Waals surface area contributed by atoms with E-state index in [1.54, 1.807) is 48.5 Å². The van der Waals surface area contributed by atoms with Crippen molar-refractivity contribution in [2.45, 2.75) is 12.8 Å². The number of hydrogen-bond donors (Lipinski definition) is 2. The van der Waals surface area contributed by atoms with Gasteiger partial charge in [0.1, 0.15) is 0 Å². The van der Waals surface area contributed by atoms with Crippen LogP contribution in [0.5, 0.6) is 0 Å². The molecule has 0 aliphatic carbocycles. The summed E-state index contributed by atoms with van der Waals surface area (Å²) in [6, 6.07) is 13.3. The molecule has 2 amide bonds. The summed E-state index contributed by atoms with van der Waals surface area (Å²) in [5.41, 5.74) is 1.00. The highest BCUT2D eigenvalue weighted by Crippen LogP contribution is 2.20. The summed E-state index contributed by atoms with van der Waals surface area (Å²) in [4.78, 5) is 35.2. The number of benzene rings is 2. The van der Waals surface area contributed by atoms with Gasteiger partial charge in [-0.05, 0) is 36.4 Å². The summed E-state index contributed by atoms with van der Waals surface area (Å²) in [6.07, 6.45) is -0.202. The molecule has 2 N–H and O–H groups in total. The lowest BCUT2D eigenvalue weighted by Crippen LogP contribution is -2.22. The SMILES string of the molecule is O=C(CCC(=O)OCC(=O)Nc1ccccc1Cl)Nc1ccc(Cl)cc1. The average molecular weight is 395 g/mol. The number of halogens is 2. The van der Waals surface area contributed by atoms with Gasteiger partial charge in [0.2, 0.25) is 5.91 Å². The molecule has 0 spiro atoms. The molecule has 2 aromatic carbocycles. The number of rotatable bonds is 7. The van der Waals surface area contributed by atoms with Crippen molar-refractivity contribution in [3.63, 3.8) is 0 Å². The first kappa shape index (κ1) is 19.8. The van der Waals surface area contributed by atoms with E-state index in [9.17, 15) is 14.4 Å². The van der Waals surface area contributed by atoms with Crippen LogP contribution >= 0.6 is 23.2 Å². The molecule has 26 heavy (non-hydrogen) atoms. The fourth-order valence-electron chi connectivity index (χ4n) is 1.94. The van der Waals surface area contributed by atoms with Gasteiger partial charge in [-0.2, -0.15) is 0 Å².